The van der Waals surface area contributed by atoms with Gasteiger partial charge in [0.15, 0.2) is 0 Å². The van der Waals surface area contributed by atoms with Gasteiger partial charge in [-0.1, -0.05) is 13.2 Å². The summed E-state index contributed by atoms with van der Waals surface area (Å²) in [5.74, 6) is -2.56. The summed E-state index contributed by atoms with van der Waals surface area (Å²) in [5, 5.41) is 18.0. The van der Waals surface area contributed by atoms with E-state index in [1.165, 1.54) is 12.5 Å². The highest BCUT2D eigenvalue weighted by molar-refractivity contribution is 5.98. The molecule has 0 atom stereocenters. The Morgan fingerprint density at radius 3 is 1.44 bits per heavy atom. The van der Waals surface area contributed by atoms with Crippen molar-refractivity contribution in [1.82, 2.24) is 0 Å². The van der Waals surface area contributed by atoms with Gasteiger partial charge in [0.05, 0.1) is 36.9 Å². The van der Waals surface area contributed by atoms with E-state index in [1.54, 1.807) is 0 Å². The number of carboxylic acid groups (broad SMARTS) is 2. The summed E-state index contributed by atoms with van der Waals surface area (Å²) in [6.07, 6.45) is 2.30. The number of ether oxygens (including phenoxy) is 2. The first-order valence-electron chi connectivity index (χ1n) is 5.18. The van der Waals surface area contributed by atoms with E-state index in [-0.39, 0.29) is 37.2 Å². The van der Waals surface area contributed by atoms with Gasteiger partial charge in [-0.25, -0.2) is 9.59 Å². The molecule has 2 N–H and O–H groups in total. The van der Waals surface area contributed by atoms with E-state index in [0.29, 0.717) is 0 Å². The van der Waals surface area contributed by atoms with Gasteiger partial charge in [-0.3, -0.25) is 0 Å². The molecule has 0 unspecified atom stereocenters. The molecule has 0 heterocycles. The molecule has 6 nitrogen and oxygen atoms in total. The lowest BCUT2D eigenvalue weighted by molar-refractivity contribution is -0.136. The summed E-state index contributed by atoms with van der Waals surface area (Å²) < 4.78 is 9.59. The predicted octanol–water partition coefficient (Wildman–Crippen LogP) is 1.55. The standard InChI is InChI=1S/C12H16O6/c1-3-17-7-5-9(11(13)14)10(12(15)16)6-8-18-4-2/h3-4H,1-2,5-8H2,(H,13,14)(H,15,16)/b10-9+. The smallest absolute Gasteiger partial charge is 0.332 e. The fraction of sp³-hybridized carbons (Fsp3) is 0.333. The number of carbonyl (C=O) groups is 2. The van der Waals surface area contributed by atoms with Crippen molar-refractivity contribution in [2.24, 2.45) is 0 Å². The molecule has 0 fully saturated rings. The van der Waals surface area contributed by atoms with Crippen LogP contribution < -0.4 is 0 Å². The molecule has 6 heteroatoms. The van der Waals surface area contributed by atoms with Crippen LogP contribution in [0.2, 0.25) is 0 Å². The fourth-order valence-electron chi connectivity index (χ4n) is 1.26. The van der Waals surface area contributed by atoms with Crippen LogP contribution in [0.15, 0.2) is 36.8 Å². The molecule has 100 valence electrons. The first-order chi connectivity index (χ1) is 8.54. The second-order valence-electron chi connectivity index (χ2n) is 3.14. The SMILES string of the molecule is C=COCC/C(C(=O)O)=C(/CCOC=C)C(=O)O. The molecular weight excluding hydrogens is 240 g/mol. The maximum absolute atomic E-state index is 11.0. The van der Waals surface area contributed by atoms with Crippen molar-refractivity contribution in [1.29, 1.82) is 0 Å². The Hall–Kier alpha value is -2.24. The first kappa shape index (κ1) is 15.8. The molecule has 0 bridgehead atoms. The maximum Gasteiger partial charge on any atom is 0.332 e. The molecule has 0 rings (SSSR count). The van der Waals surface area contributed by atoms with Crippen molar-refractivity contribution in [3.8, 4) is 0 Å². The third-order valence-corrected chi connectivity index (χ3v) is 2.06. The van der Waals surface area contributed by atoms with Gasteiger partial charge >= 0.3 is 11.9 Å². The van der Waals surface area contributed by atoms with Crippen molar-refractivity contribution >= 4 is 11.9 Å². The molecule has 0 radical (unpaired) electrons. The van der Waals surface area contributed by atoms with Gasteiger partial charge in [-0.2, -0.15) is 0 Å². The Morgan fingerprint density at radius 2 is 1.22 bits per heavy atom. The van der Waals surface area contributed by atoms with Crippen LogP contribution >= 0.6 is 0 Å². The third kappa shape index (κ3) is 5.74. The summed E-state index contributed by atoms with van der Waals surface area (Å²) in [7, 11) is 0. The van der Waals surface area contributed by atoms with Gasteiger partial charge in [-0.15, -0.1) is 0 Å². The lowest BCUT2D eigenvalue weighted by atomic mass is 10.0. The normalized spacial score (nSPS) is 11.1. The second-order valence-corrected chi connectivity index (χ2v) is 3.14. The second kappa shape index (κ2) is 8.86. The van der Waals surface area contributed by atoms with Crippen LogP contribution in [0.3, 0.4) is 0 Å². The van der Waals surface area contributed by atoms with Gasteiger partial charge in [0, 0.05) is 12.8 Å². The highest BCUT2D eigenvalue weighted by Crippen LogP contribution is 2.14. The quantitative estimate of drug-likeness (QED) is 0.350. The summed E-state index contributed by atoms with van der Waals surface area (Å²) in [6, 6.07) is 0. The van der Waals surface area contributed by atoms with Crippen LogP contribution in [0.4, 0.5) is 0 Å². The molecule has 0 aliphatic rings. The average molecular weight is 256 g/mol. The van der Waals surface area contributed by atoms with E-state index in [1.807, 2.05) is 0 Å². The highest BCUT2D eigenvalue weighted by atomic mass is 16.5. The van der Waals surface area contributed by atoms with Crippen molar-refractivity contribution in [2.45, 2.75) is 12.8 Å². The molecule has 0 aromatic rings. The minimum Gasteiger partial charge on any atom is -0.501 e. The van der Waals surface area contributed by atoms with Crippen LogP contribution in [0.5, 0.6) is 0 Å². The summed E-state index contributed by atoms with van der Waals surface area (Å²) in [6.45, 7) is 6.74. The minimum absolute atomic E-state index is 0.0168. The van der Waals surface area contributed by atoms with Crippen LogP contribution in [-0.4, -0.2) is 35.4 Å². The van der Waals surface area contributed by atoms with Crippen LogP contribution in [0.1, 0.15) is 12.8 Å². The highest BCUT2D eigenvalue weighted by Gasteiger charge is 2.19. The van der Waals surface area contributed by atoms with E-state index in [9.17, 15) is 9.59 Å². The molecule has 0 saturated heterocycles. The lowest BCUT2D eigenvalue weighted by Gasteiger charge is -2.09. The van der Waals surface area contributed by atoms with E-state index in [2.05, 4.69) is 13.2 Å². The van der Waals surface area contributed by atoms with E-state index < -0.39 is 11.9 Å². The van der Waals surface area contributed by atoms with Crippen molar-refractivity contribution in [3.63, 3.8) is 0 Å². The number of carboxylic acids is 2. The van der Waals surface area contributed by atoms with E-state index in [0.717, 1.165) is 0 Å². The van der Waals surface area contributed by atoms with Crippen molar-refractivity contribution < 1.29 is 29.3 Å². The monoisotopic (exact) mass is 256 g/mol. The van der Waals surface area contributed by atoms with Gasteiger partial charge in [0.2, 0.25) is 0 Å². The maximum atomic E-state index is 11.0. The molecule has 0 saturated carbocycles. The zero-order chi connectivity index (χ0) is 14.0. The zero-order valence-corrected chi connectivity index (χ0v) is 9.92. The largest absolute Gasteiger partial charge is 0.501 e. The zero-order valence-electron chi connectivity index (χ0n) is 9.92. The number of rotatable bonds is 10. The Balaban J connectivity index is 4.91. The Labute approximate surface area is 105 Å². The van der Waals surface area contributed by atoms with Crippen LogP contribution in [0, 0.1) is 0 Å². The lowest BCUT2D eigenvalue weighted by Crippen LogP contribution is -2.14. The fourth-order valence-corrected chi connectivity index (χ4v) is 1.26. The van der Waals surface area contributed by atoms with E-state index >= 15 is 0 Å². The van der Waals surface area contributed by atoms with Gasteiger partial charge in [-0.05, 0) is 0 Å². The number of hydrogen-bond acceptors (Lipinski definition) is 4. The molecule has 0 aliphatic heterocycles. The minimum atomic E-state index is -1.28. The molecule has 0 aromatic heterocycles. The Morgan fingerprint density at radius 1 is 0.889 bits per heavy atom. The number of aliphatic carboxylic acids is 2. The predicted molar refractivity (Wildman–Crippen MR) is 63.8 cm³/mol. The van der Waals surface area contributed by atoms with Crippen LogP contribution in [-0.2, 0) is 19.1 Å². The van der Waals surface area contributed by atoms with Gasteiger partial charge in [0.1, 0.15) is 0 Å². The van der Waals surface area contributed by atoms with Gasteiger partial charge in [0.25, 0.3) is 0 Å². The summed E-state index contributed by atoms with van der Waals surface area (Å²) in [4.78, 5) is 22.0. The van der Waals surface area contributed by atoms with E-state index in [4.69, 9.17) is 19.7 Å². The molecule has 18 heavy (non-hydrogen) atoms. The molecular formula is C12H16O6. The van der Waals surface area contributed by atoms with Crippen LogP contribution in [0.25, 0.3) is 0 Å². The molecule has 0 spiro atoms. The Kier molecular flexibility index (Phi) is 7.76. The Bertz CT molecular complexity index is 322. The average Bonchev–Trinajstić information content (AvgIpc) is 2.31. The summed E-state index contributed by atoms with van der Waals surface area (Å²) >= 11 is 0. The molecule has 0 amide bonds. The topological polar surface area (TPSA) is 93.1 Å². The van der Waals surface area contributed by atoms with Gasteiger partial charge < -0.3 is 19.7 Å². The van der Waals surface area contributed by atoms with Crippen molar-refractivity contribution in [3.05, 3.63) is 36.8 Å². The molecule has 0 aromatic carbocycles. The third-order valence-electron chi connectivity index (χ3n) is 2.06. The number of hydrogen-bond donors (Lipinski definition) is 2. The molecule has 0 aliphatic carbocycles. The summed E-state index contributed by atoms with van der Waals surface area (Å²) in [5.41, 5.74) is -0.394. The van der Waals surface area contributed by atoms with Crippen molar-refractivity contribution in [2.75, 3.05) is 13.2 Å². The first-order valence-corrected chi connectivity index (χ1v) is 5.18.